The first kappa shape index (κ1) is 17.9. The first-order valence-electron chi connectivity index (χ1n) is 8.35. The van der Waals surface area contributed by atoms with Crippen LogP contribution in [-0.2, 0) is 6.54 Å². The molecule has 0 radical (unpaired) electrons. The maximum Gasteiger partial charge on any atom is 0.175 e. The lowest BCUT2D eigenvalue weighted by Crippen LogP contribution is -2.19. The van der Waals surface area contributed by atoms with E-state index < -0.39 is 0 Å². The van der Waals surface area contributed by atoms with E-state index in [1.165, 1.54) is 5.56 Å². The number of nitrogens with zero attached hydrogens (tertiary/aromatic N) is 2. The molecule has 0 aliphatic rings. The van der Waals surface area contributed by atoms with Gasteiger partial charge in [0.2, 0.25) is 0 Å². The fourth-order valence-corrected chi connectivity index (χ4v) is 2.90. The Labute approximate surface area is 159 Å². The fourth-order valence-electron chi connectivity index (χ4n) is 2.67. The number of ether oxygens (including phenoxy) is 1. The highest BCUT2D eigenvalue weighted by molar-refractivity contribution is 7.80. The number of hydrogen-bond acceptors (Lipinski definition) is 3. The summed E-state index contributed by atoms with van der Waals surface area (Å²) < 4.78 is 7.16. The Kier molecular flexibility index (Phi) is 5.53. The molecule has 26 heavy (non-hydrogen) atoms. The smallest absolute Gasteiger partial charge is 0.175 e. The Morgan fingerprint density at radius 2 is 1.58 bits per heavy atom. The lowest BCUT2D eigenvalue weighted by atomic mass is 10.2. The number of benzene rings is 2. The van der Waals surface area contributed by atoms with Crippen LogP contribution < -0.4 is 15.4 Å². The van der Waals surface area contributed by atoms with Crippen molar-refractivity contribution in [3.8, 4) is 5.75 Å². The van der Waals surface area contributed by atoms with E-state index in [2.05, 4.69) is 40.9 Å². The minimum absolute atomic E-state index is 0.543. The van der Waals surface area contributed by atoms with Crippen molar-refractivity contribution >= 4 is 28.7 Å². The van der Waals surface area contributed by atoms with E-state index in [1.807, 2.05) is 48.0 Å². The maximum absolute atomic E-state index is 5.37. The maximum atomic E-state index is 5.37. The molecule has 0 amide bonds. The SMILES string of the molecule is COc1ccc(NC(=S)Nc2ccc(Cn3nc(C)cc3C)cc2)cc1. The van der Waals surface area contributed by atoms with Crippen LogP contribution in [0, 0.1) is 13.8 Å². The molecule has 3 aromatic rings. The number of thiocarbonyl (C=S) groups is 1. The molecule has 0 fully saturated rings. The van der Waals surface area contributed by atoms with Crippen molar-refractivity contribution in [3.05, 3.63) is 71.5 Å². The van der Waals surface area contributed by atoms with E-state index >= 15 is 0 Å². The minimum Gasteiger partial charge on any atom is -0.497 e. The van der Waals surface area contributed by atoms with Gasteiger partial charge in [0.25, 0.3) is 0 Å². The normalized spacial score (nSPS) is 10.4. The molecule has 2 N–H and O–H groups in total. The molecule has 134 valence electrons. The van der Waals surface area contributed by atoms with Crippen LogP contribution in [0.4, 0.5) is 11.4 Å². The van der Waals surface area contributed by atoms with Crippen LogP contribution in [0.1, 0.15) is 17.0 Å². The molecule has 0 bridgehead atoms. The van der Waals surface area contributed by atoms with Gasteiger partial charge in [-0.15, -0.1) is 0 Å². The number of methoxy groups -OCH3 is 1. The van der Waals surface area contributed by atoms with E-state index in [4.69, 9.17) is 17.0 Å². The Balaban J connectivity index is 1.57. The van der Waals surface area contributed by atoms with Crippen molar-refractivity contribution in [1.82, 2.24) is 9.78 Å². The molecule has 0 aliphatic carbocycles. The minimum atomic E-state index is 0.543. The summed E-state index contributed by atoms with van der Waals surface area (Å²) in [6.45, 7) is 4.83. The van der Waals surface area contributed by atoms with E-state index in [9.17, 15) is 0 Å². The molecule has 6 heteroatoms. The molecule has 1 heterocycles. The molecular weight excluding hydrogens is 344 g/mol. The first-order valence-corrected chi connectivity index (χ1v) is 8.76. The van der Waals surface area contributed by atoms with Crippen LogP contribution in [0.15, 0.2) is 54.6 Å². The Bertz CT molecular complexity index is 885. The molecule has 1 aromatic heterocycles. The van der Waals surface area contributed by atoms with Crippen molar-refractivity contribution in [2.75, 3.05) is 17.7 Å². The Hall–Kier alpha value is -2.86. The number of nitrogens with one attached hydrogen (secondary N) is 2. The summed E-state index contributed by atoms with van der Waals surface area (Å²) in [5.41, 5.74) is 5.23. The third-order valence-corrected chi connectivity index (χ3v) is 4.20. The monoisotopic (exact) mass is 366 g/mol. The average Bonchev–Trinajstić information content (AvgIpc) is 2.94. The summed E-state index contributed by atoms with van der Waals surface area (Å²) >= 11 is 5.37. The molecule has 0 saturated heterocycles. The molecule has 0 aliphatic heterocycles. The van der Waals surface area contributed by atoms with Gasteiger partial charge in [0, 0.05) is 17.1 Å². The van der Waals surface area contributed by atoms with Crippen LogP contribution in [0.25, 0.3) is 0 Å². The second-order valence-electron chi connectivity index (χ2n) is 6.09. The van der Waals surface area contributed by atoms with Gasteiger partial charge in [0.05, 0.1) is 19.3 Å². The van der Waals surface area contributed by atoms with E-state index in [0.717, 1.165) is 35.1 Å². The van der Waals surface area contributed by atoms with Crippen molar-refractivity contribution in [3.63, 3.8) is 0 Å². The van der Waals surface area contributed by atoms with Gasteiger partial charge >= 0.3 is 0 Å². The van der Waals surface area contributed by atoms with Crippen molar-refractivity contribution in [2.45, 2.75) is 20.4 Å². The van der Waals surface area contributed by atoms with Crippen molar-refractivity contribution in [2.24, 2.45) is 0 Å². The quantitative estimate of drug-likeness (QED) is 0.657. The Morgan fingerprint density at radius 3 is 2.08 bits per heavy atom. The van der Waals surface area contributed by atoms with Crippen molar-refractivity contribution < 1.29 is 4.74 Å². The summed E-state index contributed by atoms with van der Waals surface area (Å²) in [5.74, 6) is 0.813. The molecule has 5 nitrogen and oxygen atoms in total. The lowest BCUT2D eigenvalue weighted by molar-refractivity contribution is 0.415. The number of rotatable bonds is 5. The van der Waals surface area contributed by atoms with Gasteiger partial charge in [0.15, 0.2) is 5.11 Å². The summed E-state index contributed by atoms with van der Waals surface area (Å²) in [5, 5.41) is 11.4. The van der Waals surface area contributed by atoms with Gasteiger partial charge in [-0.25, -0.2) is 0 Å². The third-order valence-electron chi connectivity index (χ3n) is 4.00. The van der Waals surface area contributed by atoms with Crippen LogP contribution in [0.2, 0.25) is 0 Å². The predicted molar refractivity (Wildman–Crippen MR) is 110 cm³/mol. The predicted octanol–water partition coefficient (Wildman–Crippen LogP) is 4.37. The molecule has 3 rings (SSSR count). The molecule has 0 spiro atoms. The summed E-state index contributed by atoms with van der Waals surface area (Å²) in [6.07, 6.45) is 0. The van der Waals surface area contributed by atoms with Gasteiger partial charge < -0.3 is 15.4 Å². The number of anilines is 2. The highest BCUT2D eigenvalue weighted by Gasteiger charge is 2.03. The zero-order chi connectivity index (χ0) is 18.5. The van der Waals surface area contributed by atoms with Crippen LogP contribution in [-0.4, -0.2) is 22.0 Å². The zero-order valence-corrected chi connectivity index (χ0v) is 15.9. The molecule has 0 unspecified atom stereocenters. The van der Waals surface area contributed by atoms with E-state index in [-0.39, 0.29) is 0 Å². The summed E-state index contributed by atoms with van der Waals surface area (Å²) in [4.78, 5) is 0. The lowest BCUT2D eigenvalue weighted by Gasteiger charge is -2.12. The van der Waals surface area contributed by atoms with Crippen LogP contribution >= 0.6 is 12.2 Å². The fraction of sp³-hybridized carbons (Fsp3) is 0.200. The second kappa shape index (κ2) is 8.01. The molecule has 0 saturated carbocycles. The molecule has 2 aromatic carbocycles. The number of aromatic nitrogens is 2. The molecule has 0 atom stereocenters. The van der Waals surface area contributed by atoms with Crippen LogP contribution in [0.5, 0.6) is 5.75 Å². The van der Waals surface area contributed by atoms with Gasteiger partial charge in [-0.2, -0.15) is 5.10 Å². The summed E-state index contributed by atoms with van der Waals surface area (Å²) in [6, 6.07) is 17.9. The van der Waals surface area contributed by atoms with Crippen LogP contribution in [0.3, 0.4) is 0 Å². The second-order valence-corrected chi connectivity index (χ2v) is 6.50. The molecular formula is C20H22N4OS. The summed E-state index contributed by atoms with van der Waals surface area (Å²) in [7, 11) is 1.65. The topological polar surface area (TPSA) is 51.1 Å². The van der Waals surface area contributed by atoms with Gasteiger partial charge in [-0.3, -0.25) is 4.68 Å². The highest BCUT2D eigenvalue weighted by atomic mass is 32.1. The van der Waals surface area contributed by atoms with E-state index in [1.54, 1.807) is 7.11 Å². The third kappa shape index (κ3) is 4.61. The zero-order valence-electron chi connectivity index (χ0n) is 15.1. The van der Waals surface area contributed by atoms with Gasteiger partial charge in [-0.1, -0.05) is 12.1 Å². The van der Waals surface area contributed by atoms with E-state index in [0.29, 0.717) is 5.11 Å². The standard InChI is InChI=1S/C20H22N4OS/c1-14-12-15(2)24(23-14)13-16-4-6-17(7-5-16)21-20(26)22-18-8-10-19(25-3)11-9-18/h4-12H,13H2,1-3H3,(H2,21,22,26). The van der Waals surface area contributed by atoms with Gasteiger partial charge in [0.1, 0.15) is 5.75 Å². The average molecular weight is 366 g/mol. The highest BCUT2D eigenvalue weighted by Crippen LogP contribution is 2.16. The van der Waals surface area contributed by atoms with Gasteiger partial charge in [-0.05, 0) is 74.1 Å². The Morgan fingerprint density at radius 1 is 1.00 bits per heavy atom. The largest absolute Gasteiger partial charge is 0.497 e. The number of hydrogen-bond donors (Lipinski definition) is 2. The van der Waals surface area contributed by atoms with Crippen molar-refractivity contribution in [1.29, 1.82) is 0 Å². The number of aryl methyl sites for hydroxylation is 2. The first-order chi connectivity index (χ1) is 12.5.